The van der Waals surface area contributed by atoms with Gasteiger partial charge in [0.25, 0.3) is 5.91 Å². The Hall–Kier alpha value is -1.13. The van der Waals surface area contributed by atoms with Gasteiger partial charge < -0.3 is 14.8 Å². The number of hydrogen-bond acceptors (Lipinski definition) is 6. The lowest BCUT2D eigenvalue weighted by Crippen LogP contribution is -2.17. The third-order valence-electron chi connectivity index (χ3n) is 2.52. The number of carbonyl (C=O) groups excluding carboxylic acids is 2. The number of benzene rings is 1. The summed E-state index contributed by atoms with van der Waals surface area (Å²) in [4.78, 5) is 23.4. The van der Waals surface area contributed by atoms with Crippen molar-refractivity contribution in [3.05, 3.63) is 26.2 Å². The van der Waals surface area contributed by atoms with E-state index in [0.29, 0.717) is 27.3 Å². The van der Waals surface area contributed by atoms with E-state index >= 15 is 0 Å². The van der Waals surface area contributed by atoms with E-state index in [1.165, 1.54) is 18.7 Å². The maximum atomic E-state index is 11.7. The molecule has 0 spiro atoms. The van der Waals surface area contributed by atoms with Gasteiger partial charge in [-0.05, 0) is 53.3 Å². The number of thioether (sulfide) groups is 1. The van der Waals surface area contributed by atoms with Crippen LogP contribution in [0.15, 0.2) is 17.0 Å². The van der Waals surface area contributed by atoms with Crippen LogP contribution in [0.25, 0.3) is 6.08 Å². The molecule has 8 heteroatoms. The van der Waals surface area contributed by atoms with E-state index in [4.69, 9.17) is 21.7 Å². The van der Waals surface area contributed by atoms with Crippen LogP contribution in [0.2, 0.25) is 0 Å². The van der Waals surface area contributed by atoms with Gasteiger partial charge in [0.1, 0.15) is 4.32 Å². The number of thiocarbonyl (C=S) groups is 1. The average Bonchev–Trinajstić information content (AvgIpc) is 2.72. The van der Waals surface area contributed by atoms with Gasteiger partial charge in [0.05, 0.1) is 15.1 Å². The van der Waals surface area contributed by atoms with Gasteiger partial charge in [0, 0.05) is 6.92 Å². The monoisotopic (exact) mass is 449 g/mol. The van der Waals surface area contributed by atoms with Crippen LogP contribution in [0.4, 0.5) is 0 Å². The normalized spacial score (nSPS) is 15.9. The fraction of sp³-hybridized carbons (Fsp3) is 0.214. The lowest BCUT2D eigenvalue weighted by Gasteiger charge is -2.12. The molecule has 1 N–H and O–H groups in total. The molecule has 1 saturated heterocycles. The minimum Gasteiger partial charge on any atom is -0.490 e. The maximum absolute atomic E-state index is 11.7. The largest absolute Gasteiger partial charge is 0.490 e. The summed E-state index contributed by atoms with van der Waals surface area (Å²) >= 11 is 8.23. The molecule has 116 valence electrons. The van der Waals surface area contributed by atoms with Crippen molar-refractivity contribution in [1.29, 1.82) is 0 Å². The predicted octanol–water partition coefficient (Wildman–Crippen LogP) is 3.10. The summed E-state index contributed by atoms with van der Waals surface area (Å²) in [5.74, 6) is 0.214. The van der Waals surface area contributed by atoms with Crippen molar-refractivity contribution in [3.63, 3.8) is 0 Å². The Morgan fingerprint density at radius 2 is 2.23 bits per heavy atom. The topological polar surface area (TPSA) is 64.6 Å². The summed E-state index contributed by atoms with van der Waals surface area (Å²) < 4.78 is 11.9. The van der Waals surface area contributed by atoms with Crippen LogP contribution in [0.1, 0.15) is 19.4 Å². The molecular weight excluding hydrogens is 437 g/mol. The number of ether oxygens (including phenoxy) is 2. The summed E-state index contributed by atoms with van der Waals surface area (Å²) in [6.07, 6.45) is 1.72. The Kier molecular flexibility index (Phi) is 5.81. The van der Waals surface area contributed by atoms with Gasteiger partial charge in [-0.25, -0.2) is 0 Å². The molecule has 1 aromatic rings. The molecule has 1 aliphatic rings. The number of rotatable bonds is 4. The highest BCUT2D eigenvalue weighted by Gasteiger charge is 2.22. The molecule has 2 rings (SSSR count). The Labute approximate surface area is 150 Å². The van der Waals surface area contributed by atoms with E-state index in [0.717, 1.165) is 9.13 Å². The minimum atomic E-state index is -0.416. The zero-order chi connectivity index (χ0) is 16.3. The van der Waals surface area contributed by atoms with Crippen molar-refractivity contribution in [3.8, 4) is 11.5 Å². The molecule has 22 heavy (non-hydrogen) atoms. The highest BCUT2D eigenvalue weighted by Crippen LogP contribution is 2.36. The predicted molar refractivity (Wildman–Crippen MR) is 97.9 cm³/mol. The third-order valence-corrected chi connectivity index (χ3v) is 4.48. The van der Waals surface area contributed by atoms with Crippen LogP contribution >= 0.6 is 46.6 Å². The van der Waals surface area contributed by atoms with E-state index in [9.17, 15) is 9.59 Å². The number of nitrogens with one attached hydrogen (secondary N) is 1. The van der Waals surface area contributed by atoms with Crippen LogP contribution in [-0.4, -0.2) is 22.8 Å². The summed E-state index contributed by atoms with van der Waals surface area (Å²) in [6.45, 7) is 3.61. The minimum absolute atomic E-state index is 0.216. The molecule has 1 aromatic carbocycles. The lowest BCUT2D eigenvalue weighted by molar-refractivity contribution is -0.132. The summed E-state index contributed by atoms with van der Waals surface area (Å²) in [7, 11) is 0. The number of halogens is 1. The molecular formula is C14H12INO4S2. The molecule has 0 aliphatic carbocycles. The van der Waals surface area contributed by atoms with E-state index in [1.54, 1.807) is 12.1 Å². The number of amides is 1. The van der Waals surface area contributed by atoms with Gasteiger partial charge >= 0.3 is 5.97 Å². The zero-order valence-electron chi connectivity index (χ0n) is 11.8. The molecule has 0 radical (unpaired) electrons. The summed E-state index contributed by atoms with van der Waals surface area (Å²) in [5, 5.41) is 2.56. The average molecular weight is 449 g/mol. The lowest BCUT2D eigenvalue weighted by atomic mass is 10.2. The molecule has 1 fully saturated rings. The SMILES string of the molecule is CCOc1cc(/C=C2\SC(=S)NC2=O)cc(I)c1OC(C)=O. The van der Waals surface area contributed by atoms with E-state index < -0.39 is 5.97 Å². The molecule has 1 amide bonds. The molecule has 5 nitrogen and oxygen atoms in total. The Bertz CT molecular complexity index is 688. The Morgan fingerprint density at radius 3 is 2.77 bits per heavy atom. The van der Waals surface area contributed by atoms with Crippen molar-refractivity contribution in [2.45, 2.75) is 13.8 Å². The van der Waals surface area contributed by atoms with Crippen molar-refractivity contribution < 1.29 is 19.1 Å². The molecule has 0 bridgehead atoms. The van der Waals surface area contributed by atoms with Gasteiger partial charge in [0.15, 0.2) is 11.5 Å². The van der Waals surface area contributed by atoms with Gasteiger partial charge in [0.2, 0.25) is 0 Å². The van der Waals surface area contributed by atoms with Crippen LogP contribution in [0.5, 0.6) is 11.5 Å². The van der Waals surface area contributed by atoms with Gasteiger partial charge in [-0.1, -0.05) is 24.0 Å². The van der Waals surface area contributed by atoms with Crippen molar-refractivity contribution >= 4 is 68.8 Å². The molecule has 0 saturated carbocycles. The maximum Gasteiger partial charge on any atom is 0.308 e. The smallest absolute Gasteiger partial charge is 0.308 e. The Morgan fingerprint density at radius 1 is 1.50 bits per heavy atom. The quantitative estimate of drug-likeness (QED) is 0.251. The van der Waals surface area contributed by atoms with Gasteiger partial charge in [-0.2, -0.15) is 0 Å². The first kappa shape index (κ1) is 17.2. The standard InChI is InChI=1S/C14H12INO4S2/c1-3-19-10-5-8(4-9(15)12(10)20-7(2)17)6-11-13(18)16-14(21)22-11/h4-6H,3H2,1-2H3,(H,16,18,21)/b11-6-. The molecule has 1 aliphatic heterocycles. The van der Waals surface area contributed by atoms with Crippen LogP contribution < -0.4 is 14.8 Å². The van der Waals surface area contributed by atoms with Crippen LogP contribution in [0, 0.1) is 3.57 Å². The van der Waals surface area contributed by atoms with Gasteiger partial charge in [-0.3, -0.25) is 9.59 Å². The number of esters is 1. The fourth-order valence-electron chi connectivity index (χ4n) is 1.75. The van der Waals surface area contributed by atoms with E-state index in [-0.39, 0.29) is 5.91 Å². The molecule has 0 unspecified atom stereocenters. The highest BCUT2D eigenvalue weighted by molar-refractivity contribution is 14.1. The summed E-state index contributed by atoms with van der Waals surface area (Å²) in [6, 6.07) is 3.54. The fourth-order valence-corrected chi connectivity index (χ4v) is 3.53. The van der Waals surface area contributed by atoms with E-state index in [1.807, 2.05) is 13.0 Å². The highest BCUT2D eigenvalue weighted by atomic mass is 127. The number of hydrogen-bond donors (Lipinski definition) is 1. The summed E-state index contributed by atoms with van der Waals surface area (Å²) in [5.41, 5.74) is 0.770. The van der Waals surface area contributed by atoms with Crippen molar-refractivity contribution in [1.82, 2.24) is 5.32 Å². The second-order valence-electron chi connectivity index (χ2n) is 4.21. The second kappa shape index (κ2) is 7.42. The van der Waals surface area contributed by atoms with Crippen LogP contribution in [0.3, 0.4) is 0 Å². The first-order valence-electron chi connectivity index (χ1n) is 6.30. The van der Waals surface area contributed by atoms with Crippen molar-refractivity contribution in [2.24, 2.45) is 0 Å². The Balaban J connectivity index is 2.42. The first-order valence-corrected chi connectivity index (χ1v) is 8.60. The molecule has 0 atom stereocenters. The second-order valence-corrected chi connectivity index (χ2v) is 7.09. The van der Waals surface area contributed by atoms with Crippen LogP contribution in [-0.2, 0) is 9.59 Å². The molecule has 1 heterocycles. The zero-order valence-corrected chi connectivity index (χ0v) is 15.6. The number of carbonyl (C=O) groups is 2. The first-order chi connectivity index (χ1) is 10.4. The molecule has 0 aromatic heterocycles. The third kappa shape index (κ3) is 4.20. The van der Waals surface area contributed by atoms with E-state index in [2.05, 4.69) is 27.9 Å². The van der Waals surface area contributed by atoms with Crippen molar-refractivity contribution in [2.75, 3.05) is 6.61 Å². The van der Waals surface area contributed by atoms with Gasteiger partial charge in [-0.15, -0.1) is 0 Å².